The van der Waals surface area contributed by atoms with Crippen molar-refractivity contribution in [1.82, 2.24) is 9.80 Å². The first kappa shape index (κ1) is 15.0. The van der Waals surface area contributed by atoms with E-state index in [0.717, 1.165) is 32.7 Å². The summed E-state index contributed by atoms with van der Waals surface area (Å²) in [6.45, 7) is 10.6. The third kappa shape index (κ3) is 3.57. The summed E-state index contributed by atoms with van der Waals surface area (Å²) >= 11 is 0. The van der Waals surface area contributed by atoms with Gasteiger partial charge in [0.25, 0.3) is 5.91 Å². The molecule has 0 aromatic heterocycles. The predicted octanol–water partition coefficient (Wildman–Crippen LogP) is 2.55. The lowest BCUT2D eigenvalue weighted by Gasteiger charge is -2.35. The van der Waals surface area contributed by atoms with Crippen molar-refractivity contribution in [1.29, 1.82) is 0 Å². The van der Waals surface area contributed by atoms with Gasteiger partial charge in [-0.2, -0.15) is 0 Å². The van der Waals surface area contributed by atoms with Crippen LogP contribution in [0.2, 0.25) is 0 Å². The second kappa shape index (κ2) is 6.35. The fraction of sp³-hybridized carbons (Fsp3) is 0.562. The molecule has 1 saturated heterocycles. The van der Waals surface area contributed by atoms with Gasteiger partial charge in [-0.1, -0.05) is 13.8 Å². The number of aryl methyl sites for hydroxylation is 1. The van der Waals surface area contributed by atoms with Crippen LogP contribution < -0.4 is 0 Å². The molecule has 0 saturated carbocycles. The summed E-state index contributed by atoms with van der Waals surface area (Å²) in [6, 6.07) is 4.37. The van der Waals surface area contributed by atoms with Gasteiger partial charge in [-0.15, -0.1) is 0 Å². The molecule has 1 fully saturated rings. The van der Waals surface area contributed by atoms with Gasteiger partial charge in [0.05, 0.1) is 0 Å². The topological polar surface area (TPSA) is 23.6 Å². The Labute approximate surface area is 120 Å². The second-order valence-corrected chi connectivity index (χ2v) is 5.95. The molecule has 1 aromatic carbocycles. The van der Waals surface area contributed by atoms with E-state index < -0.39 is 0 Å². The predicted molar refractivity (Wildman–Crippen MR) is 78.3 cm³/mol. The molecule has 1 aliphatic rings. The van der Waals surface area contributed by atoms with E-state index >= 15 is 0 Å². The number of hydrogen-bond acceptors (Lipinski definition) is 2. The van der Waals surface area contributed by atoms with Crippen molar-refractivity contribution in [3.8, 4) is 0 Å². The quantitative estimate of drug-likeness (QED) is 0.848. The summed E-state index contributed by atoms with van der Waals surface area (Å²) in [6.07, 6.45) is 0. The van der Waals surface area contributed by atoms with E-state index in [1.54, 1.807) is 13.0 Å². The number of nitrogens with zero attached hydrogens (tertiary/aromatic N) is 2. The van der Waals surface area contributed by atoms with Gasteiger partial charge in [0.2, 0.25) is 0 Å². The Morgan fingerprint density at radius 1 is 1.25 bits per heavy atom. The van der Waals surface area contributed by atoms with Gasteiger partial charge in [0, 0.05) is 38.3 Å². The highest BCUT2D eigenvalue weighted by Gasteiger charge is 2.23. The van der Waals surface area contributed by atoms with E-state index in [2.05, 4.69) is 18.7 Å². The highest BCUT2D eigenvalue weighted by molar-refractivity contribution is 5.95. The standard InChI is InChI=1S/C16H23FN2O/c1-12(2)11-18-6-8-19(9-7-18)16(20)15-5-4-14(17)10-13(15)3/h4-5,10,12H,6-9,11H2,1-3H3. The summed E-state index contributed by atoms with van der Waals surface area (Å²) in [5, 5.41) is 0. The first-order chi connectivity index (χ1) is 9.47. The molecule has 0 atom stereocenters. The van der Waals surface area contributed by atoms with E-state index in [4.69, 9.17) is 0 Å². The van der Waals surface area contributed by atoms with Crippen LogP contribution in [0.4, 0.5) is 4.39 Å². The third-order valence-electron chi connectivity index (χ3n) is 3.70. The lowest BCUT2D eigenvalue weighted by Crippen LogP contribution is -2.49. The molecule has 1 aromatic rings. The normalized spacial score (nSPS) is 16.8. The van der Waals surface area contributed by atoms with Gasteiger partial charge in [-0.05, 0) is 36.6 Å². The van der Waals surface area contributed by atoms with E-state index in [1.807, 2.05) is 4.90 Å². The van der Waals surface area contributed by atoms with Gasteiger partial charge < -0.3 is 4.90 Å². The van der Waals surface area contributed by atoms with Crippen molar-refractivity contribution in [2.45, 2.75) is 20.8 Å². The van der Waals surface area contributed by atoms with Crippen molar-refractivity contribution in [3.05, 3.63) is 35.1 Å². The van der Waals surface area contributed by atoms with E-state index in [9.17, 15) is 9.18 Å². The highest BCUT2D eigenvalue weighted by atomic mass is 19.1. The minimum Gasteiger partial charge on any atom is -0.336 e. The largest absolute Gasteiger partial charge is 0.336 e. The Balaban J connectivity index is 1.98. The number of rotatable bonds is 3. The SMILES string of the molecule is Cc1cc(F)ccc1C(=O)N1CCN(CC(C)C)CC1. The Bertz CT molecular complexity index is 479. The lowest BCUT2D eigenvalue weighted by molar-refractivity contribution is 0.0623. The molecular weight excluding hydrogens is 255 g/mol. The molecule has 0 aliphatic carbocycles. The zero-order chi connectivity index (χ0) is 14.7. The smallest absolute Gasteiger partial charge is 0.254 e. The van der Waals surface area contributed by atoms with Gasteiger partial charge in [-0.25, -0.2) is 4.39 Å². The molecular formula is C16H23FN2O. The fourth-order valence-electron chi connectivity index (χ4n) is 2.69. The molecule has 4 heteroatoms. The number of hydrogen-bond donors (Lipinski definition) is 0. The van der Waals surface area contributed by atoms with Crippen LogP contribution in [0.5, 0.6) is 0 Å². The Kier molecular flexibility index (Phi) is 4.76. The number of amides is 1. The first-order valence-corrected chi connectivity index (χ1v) is 7.25. The maximum atomic E-state index is 13.1. The molecule has 0 spiro atoms. The Morgan fingerprint density at radius 3 is 2.45 bits per heavy atom. The average Bonchev–Trinajstić information content (AvgIpc) is 2.38. The number of piperazine rings is 1. The number of halogens is 1. The summed E-state index contributed by atoms with van der Waals surface area (Å²) in [4.78, 5) is 16.7. The molecule has 1 heterocycles. The summed E-state index contributed by atoms with van der Waals surface area (Å²) in [5.41, 5.74) is 1.32. The maximum absolute atomic E-state index is 13.1. The van der Waals surface area contributed by atoms with E-state index in [0.29, 0.717) is 17.0 Å². The Morgan fingerprint density at radius 2 is 1.90 bits per heavy atom. The minimum atomic E-state index is -0.291. The summed E-state index contributed by atoms with van der Waals surface area (Å²) < 4.78 is 13.1. The molecule has 0 unspecified atom stereocenters. The van der Waals surface area contributed by atoms with Crippen LogP contribution in [-0.4, -0.2) is 48.4 Å². The lowest BCUT2D eigenvalue weighted by atomic mass is 10.1. The van der Waals surface area contributed by atoms with Crippen molar-refractivity contribution < 1.29 is 9.18 Å². The van der Waals surface area contributed by atoms with Crippen LogP contribution in [0, 0.1) is 18.7 Å². The second-order valence-electron chi connectivity index (χ2n) is 5.95. The maximum Gasteiger partial charge on any atom is 0.254 e. The fourth-order valence-corrected chi connectivity index (χ4v) is 2.69. The number of carbonyl (C=O) groups excluding carboxylic acids is 1. The molecule has 1 aliphatic heterocycles. The van der Waals surface area contributed by atoms with Gasteiger partial charge in [-0.3, -0.25) is 9.69 Å². The van der Waals surface area contributed by atoms with Crippen LogP contribution >= 0.6 is 0 Å². The molecule has 1 amide bonds. The van der Waals surface area contributed by atoms with Crippen LogP contribution in [-0.2, 0) is 0 Å². The monoisotopic (exact) mass is 278 g/mol. The van der Waals surface area contributed by atoms with Crippen molar-refractivity contribution in [3.63, 3.8) is 0 Å². The first-order valence-electron chi connectivity index (χ1n) is 7.25. The summed E-state index contributed by atoms with van der Waals surface area (Å²) in [5.74, 6) is 0.379. The highest BCUT2D eigenvalue weighted by Crippen LogP contribution is 2.15. The van der Waals surface area contributed by atoms with Crippen LogP contribution in [0.15, 0.2) is 18.2 Å². The Hall–Kier alpha value is -1.42. The van der Waals surface area contributed by atoms with Crippen LogP contribution in [0.3, 0.4) is 0 Å². The van der Waals surface area contributed by atoms with E-state index in [-0.39, 0.29) is 11.7 Å². The van der Waals surface area contributed by atoms with Crippen LogP contribution in [0.25, 0.3) is 0 Å². The number of benzene rings is 1. The molecule has 20 heavy (non-hydrogen) atoms. The third-order valence-corrected chi connectivity index (χ3v) is 3.70. The zero-order valence-electron chi connectivity index (χ0n) is 12.5. The van der Waals surface area contributed by atoms with E-state index in [1.165, 1.54) is 12.1 Å². The van der Waals surface area contributed by atoms with Crippen molar-refractivity contribution in [2.24, 2.45) is 5.92 Å². The summed E-state index contributed by atoms with van der Waals surface area (Å²) in [7, 11) is 0. The molecule has 0 N–H and O–H groups in total. The van der Waals surface area contributed by atoms with Crippen LogP contribution in [0.1, 0.15) is 29.8 Å². The van der Waals surface area contributed by atoms with Gasteiger partial charge in [0.15, 0.2) is 0 Å². The minimum absolute atomic E-state index is 0.0201. The van der Waals surface area contributed by atoms with Gasteiger partial charge in [0.1, 0.15) is 5.82 Å². The van der Waals surface area contributed by atoms with Crippen molar-refractivity contribution >= 4 is 5.91 Å². The molecule has 3 nitrogen and oxygen atoms in total. The number of carbonyl (C=O) groups is 1. The molecule has 2 rings (SSSR count). The zero-order valence-corrected chi connectivity index (χ0v) is 12.5. The van der Waals surface area contributed by atoms with Gasteiger partial charge >= 0.3 is 0 Å². The molecule has 0 radical (unpaired) electrons. The average molecular weight is 278 g/mol. The molecule has 110 valence electrons. The molecule has 0 bridgehead atoms. The van der Waals surface area contributed by atoms with Crippen molar-refractivity contribution in [2.75, 3.05) is 32.7 Å².